The number of rotatable bonds is 5. The molecule has 0 aromatic heterocycles. The maximum Gasteiger partial charge on any atom is 0.169 e. The summed E-state index contributed by atoms with van der Waals surface area (Å²) >= 11 is 6.29. The third-order valence-corrected chi connectivity index (χ3v) is 3.50. The summed E-state index contributed by atoms with van der Waals surface area (Å²) < 4.78 is 11.1. The molecule has 0 saturated heterocycles. The van der Waals surface area contributed by atoms with Crippen molar-refractivity contribution in [1.82, 2.24) is 5.32 Å². The summed E-state index contributed by atoms with van der Waals surface area (Å²) in [5.74, 6) is 2.04. The minimum Gasteiger partial charge on any atom is -0.493 e. The zero-order valence-electron chi connectivity index (χ0n) is 11.8. The highest BCUT2D eigenvalue weighted by atomic mass is 35.5. The fraction of sp³-hybridized carbons (Fsp3) is 0.250. The zero-order valence-corrected chi connectivity index (χ0v) is 12.6. The molecule has 0 saturated carbocycles. The van der Waals surface area contributed by atoms with Crippen molar-refractivity contribution in [3.63, 3.8) is 0 Å². The van der Waals surface area contributed by atoms with Crippen LogP contribution in [0, 0.1) is 0 Å². The Morgan fingerprint density at radius 3 is 2.40 bits per heavy atom. The molecule has 1 unspecified atom stereocenters. The van der Waals surface area contributed by atoms with Gasteiger partial charge in [-0.3, -0.25) is 0 Å². The molecular formula is C16H18ClNO2. The van der Waals surface area contributed by atoms with Gasteiger partial charge in [-0.1, -0.05) is 29.8 Å². The fourth-order valence-corrected chi connectivity index (χ4v) is 2.24. The monoisotopic (exact) mass is 291 g/mol. The number of halogens is 1. The predicted molar refractivity (Wildman–Crippen MR) is 82.0 cm³/mol. The molecule has 0 aliphatic heterocycles. The molecule has 2 rings (SSSR count). The second-order valence-electron chi connectivity index (χ2n) is 4.45. The average molecular weight is 292 g/mol. The lowest BCUT2D eigenvalue weighted by Crippen LogP contribution is -2.12. The largest absolute Gasteiger partial charge is 0.493 e. The lowest BCUT2D eigenvalue weighted by atomic mass is 10.1. The van der Waals surface area contributed by atoms with Gasteiger partial charge in [-0.15, -0.1) is 0 Å². The summed E-state index contributed by atoms with van der Waals surface area (Å²) in [5.41, 5.74) is 1.04. The summed E-state index contributed by atoms with van der Waals surface area (Å²) in [6, 6.07) is 13.4. The Labute approximate surface area is 124 Å². The molecule has 0 fully saturated rings. The van der Waals surface area contributed by atoms with E-state index in [-0.39, 0.29) is 6.04 Å². The molecule has 0 amide bonds. The smallest absolute Gasteiger partial charge is 0.169 e. The molecule has 2 aromatic rings. The van der Waals surface area contributed by atoms with Crippen LogP contribution in [0.15, 0.2) is 42.5 Å². The first kappa shape index (κ1) is 14.7. The lowest BCUT2D eigenvalue weighted by Gasteiger charge is -2.14. The van der Waals surface area contributed by atoms with Crippen molar-refractivity contribution >= 4 is 11.6 Å². The van der Waals surface area contributed by atoms with Crippen molar-refractivity contribution in [3.05, 3.63) is 53.1 Å². The van der Waals surface area contributed by atoms with Gasteiger partial charge in [0.2, 0.25) is 0 Å². The lowest BCUT2D eigenvalue weighted by molar-refractivity contribution is 0.379. The van der Waals surface area contributed by atoms with Crippen LogP contribution >= 0.6 is 11.6 Å². The highest BCUT2D eigenvalue weighted by molar-refractivity contribution is 6.31. The number of ether oxygens (including phenoxy) is 2. The highest BCUT2D eigenvalue weighted by Gasteiger charge is 2.10. The van der Waals surface area contributed by atoms with E-state index >= 15 is 0 Å². The van der Waals surface area contributed by atoms with E-state index in [1.807, 2.05) is 49.5 Å². The molecule has 0 spiro atoms. The summed E-state index contributed by atoms with van der Waals surface area (Å²) in [7, 11) is 3.52. The third kappa shape index (κ3) is 3.24. The van der Waals surface area contributed by atoms with Gasteiger partial charge in [-0.05, 0) is 43.8 Å². The highest BCUT2D eigenvalue weighted by Crippen LogP contribution is 2.33. The van der Waals surface area contributed by atoms with Gasteiger partial charge < -0.3 is 14.8 Å². The fourth-order valence-electron chi connectivity index (χ4n) is 1.91. The molecule has 0 aliphatic carbocycles. The molecule has 0 bridgehead atoms. The van der Waals surface area contributed by atoms with E-state index in [1.165, 1.54) is 0 Å². The van der Waals surface area contributed by atoms with Gasteiger partial charge in [0.05, 0.1) is 7.11 Å². The molecule has 0 aliphatic rings. The van der Waals surface area contributed by atoms with Crippen molar-refractivity contribution < 1.29 is 9.47 Å². The molecule has 1 atom stereocenters. The third-order valence-electron chi connectivity index (χ3n) is 3.17. The Bertz CT molecular complexity index is 586. The Balaban J connectivity index is 2.24. The predicted octanol–water partition coefficient (Wildman–Crippen LogP) is 4.42. The second kappa shape index (κ2) is 6.64. The van der Waals surface area contributed by atoms with Crippen LogP contribution < -0.4 is 14.8 Å². The number of benzene rings is 2. The van der Waals surface area contributed by atoms with Gasteiger partial charge >= 0.3 is 0 Å². The molecule has 4 heteroatoms. The second-order valence-corrected chi connectivity index (χ2v) is 4.85. The Kier molecular flexibility index (Phi) is 4.88. The van der Waals surface area contributed by atoms with Crippen LogP contribution in [0.1, 0.15) is 18.5 Å². The van der Waals surface area contributed by atoms with Crippen molar-refractivity contribution in [1.29, 1.82) is 0 Å². The number of para-hydroxylation sites is 2. The van der Waals surface area contributed by atoms with Crippen molar-refractivity contribution in [2.24, 2.45) is 0 Å². The average Bonchev–Trinajstić information content (AvgIpc) is 2.47. The van der Waals surface area contributed by atoms with Crippen LogP contribution in [0.3, 0.4) is 0 Å². The van der Waals surface area contributed by atoms with Crippen LogP contribution in [0.2, 0.25) is 5.02 Å². The quantitative estimate of drug-likeness (QED) is 0.884. The van der Waals surface area contributed by atoms with Gasteiger partial charge in [0.1, 0.15) is 5.75 Å². The maximum atomic E-state index is 6.29. The van der Waals surface area contributed by atoms with E-state index in [4.69, 9.17) is 21.1 Å². The van der Waals surface area contributed by atoms with Gasteiger partial charge in [0.15, 0.2) is 11.5 Å². The molecule has 2 aromatic carbocycles. The van der Waals surface area contributed by atoms with E-state index < -0.39 is 0 Å². The number of nitrogens with one attached hydrogen (secondary N) is 1. The molecule has 1 N–H and O–H groups in total. The molecule has 3 nitrogen and oxygen atoms in total. The zero-order chi connectivity index (χ0) is 14.5. The molecule has 106 valence electrons. The summed E-state index contributed by atoms with van der Waals surface area (Å²) in [4.78, 5) is 0. The molecule has 0 heterocycles. The van der Waals surface area contributed by atoms with E-state index in [1.54, 1.807) is 7.11 Å². The van der Waals surface area contributed by atoms with Crippen LogP contribution in [0.5, 0.6) is 17.2 Å². The van der Waals surface area contributed by atoms with Gasteiger partial charge in [0.25, 0.3) is 0 Å². The number of methoxy groups -OCH3 is 1. The molecular weight excluding hydrogens is 274 g/mol. The normalized spacial score (nSPS) is 12.0. The standard InChI is InChI=1S/C16H18ClNO2/c1-11(18-2)13-9-8-12(10-14(13)17)20-16-7-5-4-6-15(16)19-3/h4-11,18H,1-3H3. The first-order valence-corrected chi connectivity index (χ1v) is 6.81. The minimum absolute atomic E-state index is 0.197. The first-order chi connectivity index (χ1) is 9.65. The Hall–Kier alpha value is -1.71. The summed E-state index contributed by atoms with van der Waals surface area (Å²) in [5, 5.41) is 3.84. The van der Waals surface area contributed by atoms with Crippen LogP contribution in [-0.2, 0) is 0 Å². The van der Waals surface area contributed by atoms with Gasteiger partial charge in [-0.2, -0.15) is 0 Å². The molecule has 20 heavy (non-hydrogen) atoms. The van der Waals surface area contributed by atoms with Crippen LogP contribution in [0.25, 0.3) is 0 Å². The summed E-state index contributed by atoms with van der Waals surface area (Å²) in [6.45, 7) is 2.06. The summed E-state index contributed by atoms with van der Waals surface area (Å²) in [6.07, 6.45) is 0. The first-order valence-electron chi connectivity index (χ1n) is 6.43. The van der Waals surface area contributed by atoms with E-state index in [0.29, 0.717) is 22.3 Å². The minimum atomic E-state index is 0.197. The van der Waals surface area contributed by atoms with Crippen LogP contribution in [0.4, 0.5) is 0 Å². The maximum absolute atomic E-state index is 6.29. The van der Waals surface area contributed by atoms with Crippen molar-refractivity contribution in [2.75, 3.05) is 14.2 Å². The number of hydrogen-bond acceptors (Lipinski definition) is 3. The van der Waals surface area contributed by atoms with Gasteiger partial charge in [-0.25, -0.2) is 0 Å². The van der Waals surface area contributed by atoms with Gasteiger partial charge in [0, 0.05) is 11.1 Å². The topological polar surface area (TPSA) is 30.5 Å². The van der Waals surface area contributed by atoms with E-state index in [0.717, 1.165) is 5.56 Å². The molecule has 0 radical (unpaired) electrons. The SMILES string of the molecule is CNC(C)c1ccc(Oc2ccccc2OC)cc1Cl. The van der Waals surface area contributed by atoms with E-state index in [9.17, 15) is 0 Å². The van der Waals surface area contributed by atoms with E-state index in [2.05, 4.69) is 12.2 Å². The number of hydrogen-bond donors (Lipinski definition) is 1. The van der Waals surface area contributed by atoms with Crippen LogP contribution in [-0.4, -0.2) is 14.2 Å². The Morgan fingerprint density at radius 1 is 1.10 bits per heavy atom. The van der Waals surface area contributed by atoms with Crippen molar-refractivity contribution in [3.8, 4) is 17.2 Å². The van der Waals surface area contributed by atoms with Crippen molar-refractivity contribution in [2.45, 2.75) is 13.0 Å². The Morgan fingerprint density at radius 2 is 1.80 bits per heavy atom.